The van der Waals surface area contributed by atoms with Gasteiger partial charge in [-0.05, 0) is 128 Å². The first-order valence-electron chi connectivity index (χ1n) is 40.3. The standard InChI is InChI=1S/C90H149NO8/c1-6-8-10-12-14-16-18-20-22-24-26-28-30-32-34-36-38-40-42-44-46-48-50-52-54-56-58-60-62-64-66-68-70-72-74-76-78-80-87(92)97-84-86(85-98-90(89(94)95)96-83-82-91(3,4)5)99-88(93)81-79-77-75-73-71-69-67-65-63-61-59-57-55-53-51-49-47-45-43-41-39-37-35-33-31-29-27-25-23-21-19-17-15-13-11-9-7-2/h8-11,14-17,20-23,26-29,33,35,39,41,45,47,51,53,57,59,63,65,86,90H,6-7,12-13,18-19,24-25,30-32,34,36-38,40,42-44,46,48-50,52,54-56,58,60-62,64,66-85H2,1-5H3/b10-8-,11-9-,16-14-,17-15-,22-20-,23-21-,28-26-,29-27-,35-33-,41-39-,47-45-,53-51-,59-57-,65-63-. The number of aliphatic carboxylic acids is 1. The largest absolute Gasteiger partial charge is 0.545 e. The zero-order chi connectivity index (χ0) is 71.8. The van der Waals surface area contributed by atoms with Gasteiger partial charge in [-0.15, -0.1) is 0 Å². The maximum Gasteiger partial charge on any atom is 0.306 e. The number of rotatable bonds is 73. The first-order chi connectivity index (χ1) is 48.6. The third kappa shape index (κ3) is 79.8. The van der Waals surface area contributed by atoms with E-state index in [9.17, 15) is 19.5 Å². The van der Waals surface area contributed by atoms with Gasteiger partial charge in [0, 0.05) is 12.8 Å². The molecule has 0 fully saturated rings. The van der Waals surface area contributed by atoms with Gasteiger partial charge in [0.2, 0.25) is 0 Å². The minimum absolute atomic E-state index is 0.138. The fourth-order valence-corrected chi connectivity index (χ4v) is 10.9. The van der Waals surface area contributed by atoms with Crippen molar-refractivity contribution < 1.29 is 42.9 Å². The summed E-state index contributed by atoms with van der Waals surface area (Å²) in [7, 11) is 5.93. The monoisotopic (exact) mass is 1370 g/mol. The molecule has 562 valence electrons. The van der Waals surface area contributed by atoms with Crippen LogP contribution in [0.15, 0.2) is 170 Å². The van der Waals surface area contributed by atoms with Crippen LogP contribution in [-0.2, 0) is 33.3 Å². The molecule has 0 aromatic rings. The maximum absolute atomic E-state index is 13.0. The molecule has 0 aromatic heterocycles. The minimum atomic E-state index is -1.64. The van der Waals surface area contributed by atoms with Crippen molar-refractivity contribution in [3.05, 3.63) is 170 Å². The summed E-state index contributed by atoms with van der Waals surface area (Å²) in [4.78, 5) is 37.6. The molecule has 0 N–H and O–H groups in total. The lowest BCUT2D eigenvalue weighted by molar-refractivity contribution is -0.870. The number of carbonyl (C=O) groups is 3. The van der Waals surface area contributed by atoms with Crippen LogP contribution in [0.25, 0.3) is 0 Å². The van der Waals surface area contributed by atoms with E-state index in [2.05, 4.69) is 184 Å². The summed E-state index contributed by atoms with van der Waals surface area (Å²) in [5.74, 6) is -2.30. The van der Waals surface area contributed by atoms with Crippen LogP contribution in [0.3, 0.4) is 0 Å². The van der Waals surface area contributed by atoms with E-state index in [1.165, 1.54) is 141 Å². The van der Waals surface area contributed by atoms with E-state index in [1.807, 2.05) is 21.1 Å². The Balaban J connectivity index is 4.09. The third-order valence-corrected chi connectivity index (χ3v) is 17.0. The first-order valence-corrected chi connectivity index (χ1v) is 40.3. The molecule has 0 aromatic carbocycles. The molecule has 9 heteroatoms. The van der Waals surface area contributed by atoms with Gasteiger partial charge in [-0.2, -0.15) is 0 Å². The second kappa shape index (κ2) is 78.4. The number of unbranched alkanes of at least 4 members (excludes halogenated alkanes) is 30. The van der Waals surface area contributed by atoms with Crippen molar-refractivity contribution in [3.8, 4) is 0 Å². The number of carboxylic acids is 1. The molecule has 0 aliphatic heterocycles. The van der Waals surface area contributed by atoms with Crippen molar-refractivity contribution in [2.45, 2.75) is 334 Å². The van der Waals surface area contributed by atoms with E-state index in [0.29, 0.717) is 17.4 Å². The van der Waals surface area contributed by atoms with Crippen molar-refractivity contribution in [1.82, 2.24) is 0 Å². The molecular formula is C90H149NO8. The predicted octanol–water partition coefficient (Wildman–Crippen LogP) is 24.8. The van der Waals surface area contributed by atoms with Crippen LogP contribution in [-0.4, -0.2) is 82.3 Å². The van der Waals surface area contributed by atoms with Crippen molar-refractivity contribution >= 4 is 17.9 Å². The van der Waals surface area contributed by atoms with E-state index in [-0.39, 0.29) is 38.6 Å². The second-order valence-electron chi connectivity index (χ2n) is 27.6. The number of nitrogens with zero attached hydrogens (tertiary/aromatic N) is 1. The van der Waals surface area contributed by atoms with Gasteiger partial charge in [0.25, 0.3) is 0 Å². The lowest BCUT2D eigenvalue weighted by Crippen LogP contribution is -2.44. The summed E-state index contributed by atoms with van der Waals surface area (Å²) in [5, 5.41) is 11.9. The Kier molecular flexibility index (Phi) is 74.1. The summed E-state index contributed by atoms with van der Waals surface area (Å²) in [6, 6.07) is 0. The molecule has 0 aliphatic carbocycles. The predicted molar refractivity (Wildman–Crippen MR) is 425 cm³/mol. The number of quaternary nitrogens is 1. The summed E-state index contributed by atoms with van der Waals surface area (Å²) >= 11 is 0. The van der Waals surface area contributed by atoms with Crippen LogP contribution in [0.4, 0.5) is 0 Å². The summed E-state index contributed by atoms with van der Waals surface area (Å²) in [5.41, 5.74) is 0. The Morgan fingerprint density at radius 1 is 0.303 bits per heavy atom. The van der Waals surface area contributed by atoms with Crippen molar-refractivity contribution in [1.29, 1.82) is 0 Å². The van der Waals surface area contributed by atoms with E-state index in [4.69, 9.17) is 18.9 Å². The number of esters is 2. The van der Waals surface area contributed by atoms with E-state index < -0.39 is 24.3 Å². The molecule has 0 spiro atoms. The quantitative estimate of drug-likeness (QED) is 0.0195. The summed E-state index contributed by atoms with van der Waals surface area (Å²) in [6.45, 7) is 4.52. The highest BCUT2D eigenvalue weighted by atomic mass is 16.7. The van der Waals surface area contributed by atoms with Crippen molar-refractivity contribution in [3.63, 3.8) is 0 Å². The highest BCUT2D eigenvalue weighted by molar-refractivity contribution is 5.70. The zero-order valence-electron chi connectivity index (χ0n) is 64.3. The van der Waals surface area contributed by atoms with Crippen LogP contribution in [0.5, 0.6) is 0 Å². The molecule has 0 bridgehead atoms. The molecule has 2 unspecified atom stereocenters. The lowest BCUT2D eigenvalue weighted by Gasteiger charge is -2.26. The summed E-state index contributed by atoms with van der Waals surface area (Å²) in [6.07, 6.45) is 115. The normalized spacial score (nSPS) is 13.6. The molecule has 99 heavy (non-hydrogen) atoms. The number of likely N-dealkylation sites (N-methyl/N-ethyl adjacent to an activating group) is 1. The molecule has 0 saturated carbocycles. The van der Waals surface area contributed by atoms with Crippen LogP contribution < -0.4 is 5.11 Å². The maximum atomic E-state index is 13.0. The number of carbonyl (C=O) groups excluding carboxylic acids is 3. The Morgan fingerprint density at radius 3 is 0.808 bits per heavy atom. The van der Waals surface area contributed by atoms with Crippen LogP contribution in [0.2, 0.25) is 0 Å². The molecule has 0 saturated heterocycles. The first kappa shape index (κ1) is 93.6. The number of hydrogen-bond donors (Lipinski definition) is 0. The zero-order valence-corrected chi connectivity index (χ0v) is 64.3. The number of hydrogen-bond acceptors (Lipinski definition) is 8. The number of allylic oxidation sites excluding steroid dienone is 28. The lowest BCUT2D eigenvalue weighted by atomic mass is 10.0. The minimum Gasteiger partial charge on any atom is -0.545 e. The highest BCUT2D eigenvalue weighted by Gasteiger charge is 2.22. The van der Waals surface area contributed by atoms with E-state index >= 15 is 0 Å². The highest BCUT2D eigenvalue weighted by Crippen LogP contribution is 2.18. The van der Waals surface area contributed by atoms with Gasteiger partial charge in [-0.1, -0.05) is 351 Å². The topological polar surface area (TPSA) is 111 Å². The van der Waals surface area contributed by atoms with Crippen LogP contribution in [0, 0.1) is 0 Å². The van der Waals surface area contributed by atoms with Crippen molar-refractivity contribution in [2.24, 2.45) is 0 Å². The van der Waals surface area contributed by atoms with Crippen LogP contribution in [0.1, 0.15) is 322 Å². The number of carboxylic acid groups (broad SMARTS) is 1. The Hall–Kier alpha value is -5.35. The molecule has 0 heterocycles. The number of ether oxygens (including phenoxy) is 4. The van der Waals surface area contributed by atoms with Gasteiger partial charge >= 0.3 is 11.9 Å². The van der Waals surface area contributed by atoms with Crippen LogP contribution >= 0.6 is 0 Å². The Morgan fingerprint density at radius 2 is 0.545 bits per heavy atom. The smallest absolute Gasteiger partial charge is 0.306 e. The molecule has 0 aliphatic rings. The van der Waals surface area contributed by atoms with E-state index in [1.54, 1.807) is 0 Å². The van der Waals surface area contributed by atoms with E-state index in [0.717, 1.165) is 148 Å². The fourth-order valence-electron chi connectivity index (χ4n) is 10.9. The van der Waals surface area contributed by atoms with Gasteiger partial charge in [0.1, 0.15) is 13.2 Å². The fraction of sp³-hybridized carbons (Fsp3) is 0.656. The van der Waals surface area contributed by atoms with Gasteiger partial charge in [0.05, 0.1) is 40.3 Å². The summed E-state index contributed by atoms with van der Waals surface area (Å²) < 4.78 is 22.8. The van der Waals surface area contributed by atoms with Crippen molar-refractivity contribution in [2.75, 3.05) is 47.5 Å². The molecular weight excluding hydrogens is 1220 g/mol. The molecule has 9 nitrogen and oxygen atoms in total. The second-order valence-corrected chi connectivity index (χ2v) is 27.6. The van der Waals surface area contributed by atoms with Gasteiger partial charge in [-0.3, -0.25) is 9.59 Å². The third-order valence-electron chi connectivity index (χ3n) is 17.0. The average molecular weight is 1370 g/mol. The SMILES string of the molecule is CC/C=C\C/C=C\C/C=C\C/C=C\C/C=C\C/C=C\C/C=C\C/C=C\C/C=C\C/C=C\CCCCCCCCC(=O)OC(COC(=O)CCCCCCCCCCCCCCCCCCCCCCCCCC/C=C\C/C=C\C/C=C\C/C=C\CC)COC(OCC[N+](C)(C)C)C(=O)[O-]. The Bertz CT molecular complexity index is 2240. The average Bonchev–Trinajstić information content (AvgIpc) is 2.19. The molecule has 2 atom stereocenters. The van der Waals surface area contributed by atoms with Gasteiger partial charge in [0.15, 0.2) is 12.4 Å². The Labute approximate surface area is 609 Å². The molecule has 0 rings (SSSR count). The van der Waals surface area contributed by atoms with Gasteiger partial charge < -0.3 is 33.3 Å². The molecule has 0 radical (unpaired) electrons. The van der Waals surface area contributed by atoms with Gasteiger partial charge in [-0.25, -0.2) is 0 Å². The molecule has 0 amide bonds.